The van der Waals surface area contributed by atoms with Crippen LogP contribution in [-0.4, -0.2) is 6.04 Å². The van der Waals surface area contributed by atoms with Gasteiger partial charge in [0, 0.05) is 17.9 Å². The Morgan fingerprint density at radius 3 is 2.36 bits per heavy atom. The van der Waals surface area contributed by atoms with Crippen LogP contribution in [0.2, 0.25) is 0 Å². The normalized spacial score (nSPS) is 20.9. The first kappa shape index (κ1) is 11.6. The molecule has 0 aromatic rings. The predicted molar refractivity (Wildman–Crippen MR) is 61.8 cm³/mol. The molecule has 0 heterocycles. The largest absolute Gasteiger partial charge is 0.327 e. The molecule has 1 nitrogen and oxygen atoms in total. The van der Waals surface area contributed by atoms with Crippen LogP contribution in [0.4, 0.5) is 0 Å². The van der Waals surface area contributed by atoms with E-state index in [2.05, 4.69) is 39.5 Å². The molecule has 0 radical (unpaired) electrons. The summed E-state index contributed by atoms with van der Waals surface area (Å²) in [5.41, 5.74) is 6.70. The first-order valence-electron chi connectivity index (χ1n) is 5.56. The van der Waals surface area contributed by atoms with Crippen molar-refractivity contribution in [1.29, 1.82) is 0 Å². The molecule has 1 unspecified atom stereocenters. The highest BCUT2D eigenvalue weighted by atomic mass is 14.6. The average Bonchev–Trinajstić information content (AvgIpc) is 2.64. The zero-order chi connectivity index (χ0) is 10.8. The molecule has 0 bridgehead atoms. The smallest absolute Gasteiger partial charge is 0.0241 e. The molecule has 0 saturated heterocycles. The van der Waals surface area contributed by atoms with Gasteiger partial charge in [0.2, 0.25) is 0 Å². The summed E-state index contributed by atoms with van der Waals surface area (Å²) in [4.78, 5) is 0. The second-order valence-corrected chi connectivity index (χ2v) is 6.03. The zero-order valence-electron chi connectivity index (χ0n) is 9.98. The van der Waals surface area contributed by atoms with E-state index < -0.39 is 0 Å². The molecule has 2 N–H and O–H groups in total. The lowest BCUT2D eigenvalue weighted by atomic mass is 9.95. The van der Waals surface area contributed by atoms with Crippen LogP contribution in [0.3, 0.4) is 0 Å². The summed E-state index contributed by atoms with van der Waals surface area (Å²) < 4.78 is 0. The molecular formula is C13H23N. The molecule has 0 aromatic heterocycles. The third-order valence-corrected chi connectivity index (χ3v) is 2.69. The van der Waals surface area contributed by atoms with Crippen LogP contribution in [0.25, 0.3) is 0 Å². The Kier molecular flexibility index (Phi) is 3.27. The van der Waals surface area contributed by atoms with Crippen LogP contribution < -0.4 is 5.73 Å². The fraction of sp³-hybridized carbons (Fsp3) is 0.846. The van der Waals surface area contributed by atoms with Crippen molar-refractivity contribution < 1.29 is 0 Å². The third-order valence-electron chi connectivity index (χ3n) is 2.69. The van der Waals surface area contributed by atoms with Gasteiger partial charge in [-0.25, -0.2) is 0 Å². The van der Waals surface area contributed by atoms with Crippen LogP contribution in [0.1, 0.15) is 53.4 Å². The van der Waals surface area contributed by atoms with Crippen LogP contribution >= 0.6 is 0 Å². The summed E-state index contributed by atoms with van der Waals surface area (Å²) in [7, 11) is 0. The minimum Gasteiger partial charge on any atom is -0.327 e. The molecule has 0 spiro atoms. The van der Waals surface area contributed by atoms with Gasteiger partial charge < -0.3 is 5.73 Å². The van der Waals surface area contributed by atoms with Crippen molar-refractivity contribution in [2.75, 3.05) is 0 Å². The Morgan fingerprint density at radius 1 is 1.36 bits per heavy atom. The van der Waals surface area contributed by atoms with E-state index in [0.717, 1.165) is 12.8 Å². The Bertz CT molecular complexity index is 245. The maximum Gasteiger partial charge on any atom is 0.0241 e. The molecule has 0 amide bonds. The summed E-state index contributed by atoms with van der Waals surface area (Å²) >= 11 is 0. The average molecular weight is 193 g/mol. The molecule has 1 atom stereocenters. The molecule has 80 valence electrons. The molecule has 1 fully saturated rings. The van der Waals surface area contributed by atoms with Crippen molar-refractivity contribution >= 4 is 0 Å². The first-order chi connectivity index (χ1) is 6.31. The Morgan fingerprint density at radius 2 is 1.93 bits per heavy atom. The van der Waals surface area contributed by atoms with Gasteiger partial charge in [-0.2, -0.15) is 0 Å². The van der Waals surface area contributed by atoms with E-state index in [1.165, 1.54) is 12.8 Å². The molecule has 1 aliphatic rings. The highest BCUT2D eigenvalue weighted by Crippen LogP contribution is 2.48. The highest BCUT2D eigenvalue weighted by molar-refractivity contribution is 5.08. The Labute approximate surface area is 88.5 Å². The van der Waals surface area contributed by atoms with Gasteiger partial charge in [0.05, 0.1) is 0 Å². The van der Waals surface area contributed by atoms with Crippen molar-refractivity contribution in [1.82, 2.24) is 0 Å². The van der Waals surface area contributed by atoms with Gasteiger partial charge in [-0.05, 0) is 45.4 Å². The van der Waals surface area contributed by atoms with Gasteiger partial charge in [-0.15, -0.1) is 5.92 Å². The van der Waals surface area contributed by atoms with Crippen molar-refractivity contribution in [3.8, 4) is 11.8 Å². The fourth-order valence-electron chi connectivity index (χ4n) is 1.57. The van der Waals surface area contributed by atoms with Crippen molar-refractivity contribution in [3.05, 3.63) is 0 Å². The van der Waals surface area contributed by atoms with Gasteiger partial charge in [0.15, 0.2) is 0 Å². The van der Waals surface area contributed by atoms with E-state index in [9.17, 15) is 0 Å². The van der Waals surface area contributed by atoms with E-state index in [0.29, 0.717) is 5.41 Å². The van der Waals surface area contributed by atoms with E-state index in [1.807, 2.05) is 0 Å². The maximum absolute atomic E-state index is 6.03. The number of hydrogen-bond donors (Lipinski definition) is 1. The lowest BCUT2D eigenvalue weighted by Gasteiger charge is -2.13. The summed E-state index contributed by atoms with van der Waals surface area (Å²) in [6.45, 7) is 8.72. The lowest BCUT2D eigenvalue weighted by Crippen LogP contribution is -2.22. The quantitative estimate of drug-likeness (QED) is 0.685. The Balaban J connectivity index is 2.26. The van der Waals surface area contributed by atoms with Crippen LogP contribution in [0.5, 0.6) is 0 Å². The standard InChI is InChI=1S/C13H23N/c1-12(2,3)7-5-6-11(14)10-13(4)8-9-13/h11H,6,8-10,14H2,1-4H3. The molecule has 14 heavy (non-hydrogen) atoms. The van der Waals surface area contributed by atoms with Crippen molar-refractivity contribution in [2.24, 2.45) is 16.6 Å². The van der Waals surface area contributed by atoms with E-state index >= 15 is 0 Å². The summed E-state index contributed by atoms with van der Waals surface area (Å²) in [6.07, 6.45) is 4.71. The monoisotopic (exact) mass is 193 g/mol. The topological polar surface area (TPSA) is 26.0 Å². The molecule has 1 rings (SSSR count). The number of rotatable bonds is 3. The summed E-state index contributed by atoms with van der Waals surface area (Å²) in [6, 6.07) is 0.275. The second kappa shape index (κ2) is 3.95. The maximum atomic E-state index is 6.03. The number of hydrogen-bond acceptors (Lipinski definition) is 1. The van der Waals surface area contributed by atoms with E-state index in [1.54, 1.807) is 0 Å². The summed E-state index contributed by atoms with van der Waals surface area (Å²) in [5.74, 6) is 6.43. The molecule has 0 aromatic carbocycles. The van der Waals surface area contributed by atoms with Crippen molar-refractivity contribution in [3.63, 3.8) is 0 Å². The van der Waals surface area contributed by atoms with Gasteiger partial charge in [0.25, 0.3) is 0 Å². The predicted octanol–water partition coefficient (Wildman–Crippen LogP) is 2.94. The van der Waals surface area contributed by atoms with Crippen molar-refractivity contribution in [2.45, 2.75) is 59.4 Å². The van der Waals surface area contributed by atoms with E-state index in [-0.39, 0.29) is 11.5 Å². The second-order valence-electron chi connectivity index (χ2n) is 6.03. The van der Waals surface area contributed by atoms with Crippen LogP contribution in [0, 0.1) is 22.7 Å². The molecule has 1 heteroatoms. The number of nitrogens with two attached hydrogens (primary N) is 1. The lowest BCUT2D eigenvalue weighted by molar-refractivity contribution is 0.451. The van der Waals surface area contributed by atoms with E-state index in [4.69, 9.17) is 5.73 Å². The van der Waals surface area contributed by atoms with Gasteiger partial charge in [-0.1, -0.05) is 12.8 Å². The molecular weight excluding hydrogens is 170 g/mol. The van der Waals surface area contributed by atoms with Crippen LogP contribution in [-0.2, 0) is 0 Å². The van der Waals surface area contributed by atoms with Gasteiger partial charge in [0.1, 0.15) is 0 Å². The minimum absolute atomic E-state index is 0.114. The first-order valence-corrected chi connectivity index (χ1v) is 5.56. The third kappa shape index (κ3) is 4.67. The zero-order valence-corrected chi connectivity index (χ0v) is 9.98. The van der Waals surface area contributed by atoms with Crippen LogP contribution in [0.15, 0.2) is 0 Å². The fourth-order valence-corrected chi connectivity index (χ4v) is 1.57. The van der Waals surface area contributed by atoms with Gasteiger partial charge in [-0.3, -0.25) is 0 Å². The Hall–Kier alpha value is -0.480. The molecule has 0 aliphatic heterocycles. The summed E-state index contributed by atoms with van der Waals surface area (Å²) in [5, 5.41) is 0. The van der Waals surface area contributed by atoms with Gasteiger partial charge >= 0.3 is 0 Å². The minimum atomic E-state index is 0.114. The SMILES string of the molecule is CC(C)(C)C#CCC(N)CC1(C)CC1. The highest BCUT2D eigenvalue weighted by Gasteiger charge is 2.38. The molecule has 1 saturated carbocycles. The molecule has 1 aliphatic carbocycles.